The number of nitriles is 1. The minimum absolute atomic E-state index is 0.212. The summed E-state index contributed by atoms with van der Waals surface area (Å²) in [4.78, 5) is 14.7. The second-order valence-corrected chi connectivity index (χ2v) is 8.18. The molecule has 0 aliphatic carbocycles. The fraction of sp³-hybridized carbons (Fsp3) is 0.231. The average Bonchev–Trinajstić information content (AvgIpc) is 2.80. The molecule has 3 aromatic carbocycles. The molecule has 6 rings (SSSR count). The number of fused-ring (bicyclic) bond motifs is 2. The van der Waals surface area contributed by atoms with E-state index in [1.165, 1.54) is 5.56 Å². The van der Waals surface area contributed by atoms with Gasteiger partial charge in [-0.25, -0.2) is 0 Å². The van der Waals surface area contributed by atoms with Crippen LogP contribution in [0.5, 0.6) is 0 Å². The molecule has 3 aromatic rings. The van der Waals surface area contributed by atoms with Crippen LogP contribution in [0.2, 0.25) is 0 Å². The smallest absolute Gasteiger partial charge is 0.227 e. The van der Waals surface area contributed by atoms with Crippen molar-refractivity contribution in [1.82, 2.24) is 10.2 Å². The number of carbonyl (C=O) groups excluding carboxylic acids is 1. The van der Waals surface area contributed by atoms with E-state index in [-0.39, 0.29) is 5.91 Å². The molecule has 0 aromatic heterocycles. The first-order chi connectivity index (χ1) is 14.7. The molecule has 2 bridgehead atoms. The Bertz CT molecular complexity index is 1090. The van der Waals surface area contributed by atoms with Crippen LogP contribution in [0.3, 0.4) is 0 Å². The summed E-state index contributed by atoms with van der Waals surface area (Å²) in [5.41, 5.74) is 5.24. The van der Waals surface area contributed by atoms with Crippen molar-refractivity contribution in [3.8, 4) is 17.2 Å². The van der Waals surface area contributed by atoms with Crippen molar-refractivity contribution in [2.45, 2.75) is 24.4 Å². The zero-order valence-electron chi connectivity index (χ0n) is 16.7. The lowest BCUT2D eigenvalue weighted by Gasteiger charge is -2.55. The van der Waals surface area contributed by atoms with Gasteiger partial charge in [0.1, 0.15) is 0 Å². The standard InChI is InChI=1S/C26H23N3O/c27-15-19-7-4-8-22(13-19)20-9-11-21(12-10-20)26-23-16-29(17-24(26)28-23)25(30)14-18-5-2-1-3-6-18/h1-13,23-24,26,28H,14,16-17H2/t23-,24+,26?. The van der Waals surface area contributed by atoms with Crippen LogP contribution in [-0.4, -0.2) is 36.0 Å². The van der Waals surface area contributed by atoms with Gasteiger partial charge in [0.15, 0.2) is 0 Å². The Morgan fingerprint density at radius 1 is 0.933 bits per heavy atom. The van der Waals surface area contributed by atoms with E-state index in [1.807, 2.05) is 59.5 Å². The average molecular weight is 393 g/mol. The number of amides is 1. The van der Waals surface area contributed by atoms with Crippen LogP contribution in [0.1, 0.15) is 22.6 Å². The van der Waals surface area contributed by atoms with Gasteiger partial charge in [0.2, 0.25) is 5.91 Å². The SMILES string of the molecule is N#Cc1cccc(-c2ccc(C3[C@@H]4CN(C(=O)Cc5ccccc5)C[C@H]3N4)cc2)c1. The van der Waals surface area contributed by atoms with Gasteiger partial charge in [-0.15, -0.1) is 0 Å². The first kappa shape index (κ1) is 18.6. The summed E-state index contributed by atoms with van der Waals surface area (Å²) in [5, 5.41) is 12.7. The molecule has 3 aliphatic heterocycles. The van der Waals surface area contributed by atoms with Crippen LogP contribution in [0.25, 0.3) is 11.1 Å². The molecule has 1 amide bonds. The van der Waals surface area contributed by atoms with Crippen LogP contribution in [0.15, 0.2) is 78.9 Å². The van der Waals surface area contributed by atoms with Crippen LogP contribution in [0, 0.1) is 11.3 Å². The Hall–Kier alpha value is -3.42. The zero-order chi connectivity index (χ0) is 20.5. The molecular weight excluding hydrogens is 370 g/mol. The van der Waals surface area contributed by atoms with Crippen molar-refractivity contribution < 1.29 is 4.79 Å². The maximum atomic E-state index is 12.7. The van der Waals surface area contributed by atoms with Crippen molar-refractivity contribution in [1.29, 1.82) is 5.26 Å². The molecule has 0 spiro atoms. The van der Waals surface area contributed by atoms with Crippen molar-refractivity contribution in [2.24, 2.45) is 0 Å². The molecule has 1 unspecified atom stereocenters. The Morgan fingerprint density at radius 3 is 2.37 bits per heavy atom. The predicted molar refractivity (Wildman–Crippen MR) is 117 cm³/mol. The lowest BCUT2D eigenvalue weighted by atomic mass is 9.74. The fourth-order valence-corrected chi connectivity index (χ4v) is 4.74. The molecule has 3 heterocycles. The summed E-state index contributed by atoms with van der Waals surface area (Å²) >= 11 is 0. The molecule has 3 atom stereocenters. The summed E-state index contributed by atoms with van der Waals surface area (Å²) in [6.07, 6.45) is 0.474. The second-order valence-electron chi connectivity index (χ2n) is 8.18. The highest BCUT2D eigenvalue weighted by Crippen LogP contribution is 2.37. The van der Waals surface area contributed by atoms with Crippen LogP contribution in [-0.2, 0) is 11.2 Å². The van der Waals surface area contributed by atoms with Crippen molar-refractivity contribution in [2.75, 3.05) is 13.1 Å². The molecule has 4 nitrogen and oxygen atoms in total. The van der Waals surface area contributed by atoms with E-state index in [4.69, 9.17) is 5.26 Å². The third-order valence-corrected chi connectivity index (χ3v) is 6.30. The minimum atomic E-state index is 0.212. The van der Waals surface area contributed by atoms with Crippen LogP contribution >= 0.6 is 0 Å². The summed E-state index contributed by atoms with van der Waals surface area (Å²) < 4.78 is 0. The molecule has 30 heavy (non-hydrogen) atoms. The molecule has 0 saturated carbocycles. The van der Waals surface area contributed by atoms with E-state index in [2.05, 4.69) is 35.7 Å². The Balaban J connectivity index is 1.25. The minimum Gasteiger partial charge on any atom is -0.339 e. The van der Waals surface area contributed by atoms with Gasteiger partial charge in [0, 0.05) is 31.1 Å². The van der Waals surface area contributed by atoms with Gasteiger partial charge in [-0.2, -0.15) is 5.26 Å². The summed E-state index contributed by atoms with van der Waals surface area (Å²) in [6.45, 7) is 1.53. The van der Waals surface area contributed by atoms with E-state index < -0.39 is 0 Å². The van der Waals surface area contributed by atoms with Gasteiger partial charge in [0.25, 0.3) is 0 Å². The molecule has 0 radical (unpaired) electrons. The summed E-state index contributed by atoms with van der Waals surface area (Å²) in [6, 6.07) is 29.2. The highest BCUT2D eigenvalue weighted by Gasteiger charge is 2.47. The zero-order valence-corrected chi connectivity index (χ0v) is 16.7. The molecule has 3 fully saturated rings. The molecular formula is C26H23N3O. The van der Waals surface area contributed by atoms with Gasteiger partial charge in [-0.1, -0.05) is 66.7 Å². The lowest BCUT2D eigenvalue weighted by molar-refractivity contribution is -0.135. The van der Waals surface area contributed by atoms with Gasteiger partial charge in [-0.05, 0) is 34.4 Å². The predicted octanol–water partition coefficient (Wildman–Crippen LogP) is 3.73. The molecule has 4 heteroatoms. The Kier molecular flexibility index (Phi) is 4.82. The van der Waals surface area contributed by atoms with Crippen LogP contribution in [0.4, 0.5) is 0 Å². The quantitative estimate of drug-likeness (QED) is 0.735. The number of nitrogens with zero attached hydrogens (tertiary/aromatic N) is 2. The highest BCUT2D eigenvalue weighted by atomic mass is 16.2. The highest BCUT2D eigenvalue weighted by molar-refractivity contribution is 5.79. The summed E-state index contributed by atoms with van der Waals surface area (Å²) in [5.74, 6) is 0.661. The lowest BCUT2D eigenvalue weighted by Crippen LogP contribution is -2.72. The Morgan fingerprint density at radius 2 is 1.67 bits per heavy atom. The van der Waals surface area contributed by atoms with E-state index in [0.29, 0.717) is 30.0 Å². The normalized spacial score (nSPS) is 22.1. The topological polar surface area (TPSA) is 56.1 Å². The monoisotopic (exact) mass is 393 g/mol. The number of hydrogen-bond donors (Lipinski definition) is 1. The van der Waals surface area contributed by atoms with Gasteiger partial charge in [-0.3, -0.25) is 4.79 Å². The van der Waals surface area contributed by atoms with Gasteiger partial charge in [0.05, 0.1) is 18.1 Å². The molecule has 3 saturated heterocycles. The number of benzene rings is 3. The third kappa shape index (κ3) is 3.49. The van der Waals surface area contributed by atoms with E-state index in [1.54, 1.807) is 0 Å². The molecule has 1 N–H and O–H groups in total. The molecule has 3 aliphatic rings. The number of carbonyl (C=O) groups is 1. The fourth-order valence-electron chi connectivity index (χ4n) is 4.74. The van der Waals surface area contributed by atoms with Crippen molar-refractivity contribution >= 4 is 5.91 Å². The first-order valence-electron chi connectivity index (χ1n) is 10.4. The number of piperazine rings is 1. The van der Waals surface area contributed by atoms with Crippen molar-refractivity contribution in [3.05, 3.63) is 95.6 Å². The summed E-state index contributed by atoms with van der Waals surface area (Å²) in [7, 11) is 0. The maximum absolute atomic E-state index is 12.7. The van der Waals surface area contributed by atoms with E-state index in [0.717, 1.165) is 29.8 Å². The van der Waals surface area contributed by atoms with Crippen molar-refractivity contribution in [3.63, 3.8) is 0 Å². The second kappa shape index (κ2) is 7.78. The largest absolute Gasteiger partial charge is 0.339 e. The van der Waals surface area contributed by atoms with Gasteiger partial charge < -0.3 is 10.2 Å². The van der Waals surface area contributed by atoms with Crippen LogP contribution < -0.4 is 5.32 Å². The third-order valence-electron chi connectivity index (χ3n) is 6.30. The number of rotatable bonds is 4. The molecule has 148 valence electrons. The maximum Gasteiger partial charge on any atom is 0.227 e. The number of piperidine rings is 1. The number of nitrogens with one attached hydrogen (secondary N) is 1. The number of hydrogen-bond acceptors (Lipinski definition) is 3. The van der Waals surface area contributed by atoms with E-state index >= 15 is 0 Å². The van der Waals surface area contributed by atoms with Gasteiger partial charge >= 0.3 is 0 Å². The van der Waals surface area contributed by atoms with E-state index in [9.17, 15) is 4.79 Å². The first-order valence-corrected chi connectivity index (χ1v) is 10.4. The Labute approximate surface area is 176 Å².